The number of nitrogens with one attached hydrogen (secondary N) is 1. The topological polar surface area (TPSA) is 69.6 Å². The first kappa shape index (κ1) is 13.2. The number of carboxylic acids is 1. The molecule has 1 fully saturated rings. The van der Waals surface area contributed by atoms with E-state index in [9.17, 15) is 22.8 Å². The zero-order valence-corrected chi connectivity index (χ0v) is 9.49. The van der Waals surface area contributed by atoms with E-state index in [2.05, 4.69) is 5.32 Å². The fourth-order valence-corrected chi connectivity index (χ4v) is 1.77. The SMILES string of the molecule is O=C(O)c1cc(N2CCNC2=O)cc(C(F)(F)F)c1. The van der Waals surface area contributed by atoms with Gasteiger partial charge in [0, 0.05) is 18.8 Å². The Morgan fingerprint density at radius 1 is 1.32 bits per heavy atom. The molecule has 1 saturated heterocycles. The first-order valence-electron chi connectivity index (χ1n) is 5.30. The van der Waals surface area contributed by atoms with Crippen LogP contribution in [0.5, 0.6) is 0 Å². The number of halogens is 3. The van der Waals surface area contributed by atoms with E-state index in [4.69, 9.17) is 5.11 Å². The molecule has 0 unspecified atom stereocenters. The molecule has 0 saturated carbocycles. The van der Waals surface area contributed by atoms with Gasteiger partial charge in [0.05, 0.1) is 11.1 Å². The molecule has 1 heterocycles. The number of urea groups is 1. The van der Waals surface area contributed by atoms with Gasteiger partial charge >= 0.3 is 18.2 Å². The van der Waals surface area contributed by atoms with E-state index in [0.29, 0.717) is 12.6 Å². The Balaban J connectivity index is 2.51. The normalized spacial score (nSPS) is 15.5. The van der Waals surface area contributed by atoms with Crippen molar-refractivity contribution < 1.29 is 27.9 Å². The number of rotatable bonds is 2. The van der Waals surface area contributed by atoms with Crippen molar-refractivity contribution in [3.8, 4) is 0 Å². The molecule has 0 aliphatic carbocycles. The summed E-state index contributed by atoms with van der Waals surface area (Å²) in [7, 11) is 0. The monoisotopic (exact) mass is 274 g/mol. The minimum Gasteiger partial charge on any atom is -0.478 e. The number of aromatic carboxylic acids is 1. The van der Waals surface area contributed by atoms with Gasteiger partial charge in [-0.1, -0.05) is 0 Å². The Bertz CT molecular complexity index is 542. The van der Waals surface area contributed by atoms with Gasteiger partial charge in [0.2, 0.25) is 0 Å². The number of amides is 2. The number of benzene rings is 1. The van der Waals surface area contributed by atoms with Crippen LogP contribution in [0.1, 0.15) is 15.9 Å². The maximum absolute atomic E-state index is 12.7. The van der Waals surface area contributed by atoms with E-state index < -0.39 is 29.3 Å². The van der Waals surface area contributed by atoms with Crippen molar-refractivity contribution in [1.82, 2.24) is 5.32 Å². The van der Waals surface area contributed by atoms with Crippen LogP contribution in [0, 0.1) is 0 Å². The van der Waals surface area contributed by atoms with E-state index in [1.165, 1.54) is 0 Å². The predicted octanol–water partition coefficient (Wildman–Crippen LogP) is 1.93. The van der Waals surface area contributed by atoms with Crippen LogP contribution in [-0.2, 0) is 6.18 Å². The van der Waals surface area contributed by atoms with E-state index in [0.717, 1.165) is 17.0 Å². The standard InChI is InChI=1S/C11H9F3N2O3/c12-11(13,14)7-3-6(9(17)18)4-8(5-7)16-2-1-15-10(16)19/h3-5H,1-2H2,(H,15,19)(H,17,18). The maximum Gasteiger partial charge on any atom is 0.416 e. The molecule has 102 valence electrons. The summed E-state index contributed by atoms with van der Waals surface area (Å²) in [6, 6.07) is 1.80. The molecule has 1 aliphatic heterocycles. The summed E-state index contributed by atoms with van der Waals surface area (Å²) in [5.41, 5.74) is -1.69. The zero-order chi connectivity index (χ0) is 14.2. The third-order valence-corrected chi connectivity index (χ3v) is 2.66. The molecular weight excluding hydrogens is 265 g/mol. The van der Waals surface area contributed by atoms with Gasteiger partial charge in [-0.25, -0.2) is 9.59 Å². The van der Waals surface area contributed by atoms with Crippen molar-refractivity contribution in [3.05, 3.63) is 29.3 Å². The van der Waals surface area contributed by atoms with Gasteiger partial charge in [-0.2, -0.15) is 13.2 Å². The Labute approximate surface area is 105 Å². The number of carboxylic acid groups (broad SMARTS) is 1. The van der Waals surface area contributed by atoms with Crippen LogP contribution < -0.4 is 10.2 Å². The zero-order valence-electron chi connectivity index (χ0n) is 9.49. The molecular formula is C11H9F3N2O3. The first-order chi connectivity index (χ1) is 8.79. The molecule has 5 nitrogen and oxygen atoms in total. The lowest BCUT2D eigenvalue weighted by molar-refractivity contribution is -0.137. The molecule has 1 aliphatic rings. The highest BCUT2D eigenvalue weighted by atomic mass is 19.4. The van der Waals surface area contributed by atoms with Crippen LogP contribution in [0.2, 0.25) is 0 Å². The molecule has 0 aromatic heterocycles. The Morgan fingerprint density at radius 3 is 2.47 bits per heavy atom. The summed E-state index contributed by atoms with van der Waals surface area (Å²) in [5.74, 6) is -1.48. The van der Waals surface area contributed by atoms with Crippen LogP contribution >= 0.6 is 0 Å². The summed E-state index contributed by atoms with van der Waals surface area (Å²) in [6.45, 7) is 0.497. The molecule has 1 aromatic carbocycles. The van der Waals surface area contributed by atoms with Gasteiger partial charge in [0.25, 0.3) is 0 Å². The van der Waals surface area contributed by atoms with Gasteiger partial charge < -0.3 is 10.4 Å². The molecule has 0 bridgehead atoms. The largest absolute Gasteiger partial charge is 0.478 e. The van der Waals surface area contributed by atoms with E-state index in [1.807, 2.05) is 0 Å². The van der Waals surface area contributed by atoms with Crippen LogP contribution in [0.25, 0.3) is 0 Å². The van der Waals surface area contributed by atoms with E-state index in [1.54, 1.807) is 0 Å². The molecule has 2 N–H and O–H groups in total. The fraction of sp³-hybridized carbons (Fsp3) is 0.273. The maximum atomic E-state index is 12.7. The number of nitrogens with zero attached hydrogens (tertiary/aromatic N) is 1. The molecule has 0 atom stereocenters. The highest BCUT2D eigenvalue weighted by Crippen LogP contribution is 2.33. The number of hydrogen-bond acceptors (Lipinski definition) is 2. The second kappa shape index (κ2) is 4.45. The lowest BCUT2D eigenvalue weighted by Crippen LogP contribution is -2.28. The van der Waals surface area contributed by atoms with E-state index in [-0.39, 0.29) is 12.2 Å². The average Bonchev–Trinajstić information content (AvgIpc) is 2.73. The second-order valence-corrected chi connectivity index (χ2v) is 3.96. The van der Waals surface area contributed by atoms with Crippen molar-refractivity contribution in [2.45, 2.75) is 6.18 Å². The van der Waals surface area contributed by atoms with Crippen molar-refractivity contribution in [3.63, 3.8) is 0 Å². The van der Waals surface area contributed by atoms with Gasteiger partial charge in [-0.3, -0.25) is 4.90 Å². The predicted molar refractivity (Wildman–Crippen MR) is 59.1 cm³/mol. The van der Waals surface area contributed by atoms with Gasteiger partial charge in [0.15, 0.2) is 0 Å². The smallest absolute Gasteiger partial charge is 0.416 e. The van der Waals surface area contributed by atoms with Crippen LogP contribution in [-0.4, -0.2) is 30.2 Å². The lowest BCUT2D eigenvalue weighted by atomic mass is 10.1. The Kier molecular flexibility index (Phi) is 3.09. The van der Waals surface area contributed by atoms with Crippen molar-refractivity contribution >= 4 is 17.7 Å². The molecule has 2 rings (SSSR count). The van der Waals surface area contributed by atoms with E-state index >= 15 is 0 Å². The summed E-state index contributed by atoms with van der Waals surface area (Å²) in [5, 5.41) is 11.3. The highest BCUT2D eigenvalue weighted by Gasteiger charge is 2.33. The van der Waals surface area contributed by atoms with Crippen molar-refractivity contribution in [1.29, 1.82) is 0 Å². The third-order valence-electron chi connectivity index (χ3n) is 2.66. The van der Waals surface area contributed by atoms with Crippen LogP contribution in [0.4, 0.5) is 23.7 Å². The minimum absolute atomic E-state index is 0.0813. The molecule has 0 radical (unpaired) electrons. The molecule has 0 spiro atoms. The highest BCUT2D eigenvalue weighted by molar-refractivity contribution is 5.96. The molecule has 2 amide bonds. The molecule has 1 aromatic rings. The number of carbonyl (C=O) groups is 2. The number of anilines is 1. The molecule has 8 heteroatoms. The fourth-order valence-electron chi connectivity index (χ4n) is 1.77. The Morgan fingerprint density at radius 2 is 2.00 bits per heavy atom. The Hall–Kier alpha value is -2.25. The summed E-state index contributed by atoms with van der Waals surface area (Å²) < 4.78 is 38.1. The third kappa shape index (κ3) is 2.61. The number of alkyl halides is 3. The number of carbonyl (C=O) groups excluding carboxylic acids is 1. The number of hydrogen-bond donors (Lipinski definition) is 2. The van der Waals surface area contributed by atoms with Gasteiger partial charge in [-0.05, 0) is 18.2 Å². The minimum atomic E-state index is -4.67. The van der Waals surface area contributed by atoms with Crippen molar-refractivity contribution in [2.24, 2.45) is 0 Å². The summed E-state index contributed by atoms with van der Waals surface area (Å²) in [6.07, 6.45) is -4.67. The summed E-state index contributed by atoms with van der Waals surface area (Å²) >= 11 is 0. The van der Waals surface area contributed by atoms with Gasteiger partial charge in [0.1, 0.15) is 0 Å². The lowest BCUT2D eigenvalue weighted by Gasteiger charge is -2.17. The second-order valence-electron chi connectivity index (χ2n) is 3.96. The van der Waals surface area contributed by atoms with Crippen LogP contribution in [0.3, 0.4) is 0 Å². The molecule has 19 heavy (non-hydrogen) atoms. The first-order valence-corrected chi connectivity index (χ1v) is 5.30. The van der Waals surface area contributed by atoms with Crippen LogP contribution in [0.15, 0.2) is 18.2 Å². The van der Waals surface area contributed by atoms with Gasteiger partial charge in [-0.15, -0.1) is 0 Å². The summed E-state index contributed by atoms with van der Waals surface area (Å²) in [4.78, 5) is 23.3. The average molecular weight is 274 g/mol. The quantitative estimate of drug-likeness (QED) is 0.865. The van der Waals surface area contributed by atoms with Crippen molar-refractivity contribution in [2.75, 3.05) is 18.0 Å².